The molecule has 2 saturated heterocycles. The maximum absolute atomic E-state index is 13.4. The molecule has 31 heavy (non-hydrogen) atoms. The number of sulfone groups is 2. The van der Waals surface area contributed by atoms with Gasteiger partial charge in [0.25, 0.3) is 0 Å². The van der Waals surface area contributed by atoms with Crippen LogP contribution in [0.2, 0.25) is 0 Å². The lowest BCUT2D eigenvalue weighted by molar-refractivity contribution is 0.144. The largest absolute Gasteiger partial charge is 0.298 e. The van der Waals surface area contributed by atoms with Crippen LogP contribution in [-0.4, -0.2) is 57.6 Å². The summed E-state index contributed by atoms with van der Waals surface area (Å²) in [6.07, 6.45) is 3.77. The fraction of sp³-hybridized carbons (Fsp3) is 0.500. The van der Waals surface area contributed by atoms with E-state index in [1.165, 1.54) is 5.56 Å². The maximum atomic E-state index is 13.4. The molecule has 0 aliphatic carbocycles. The summed E-state index contributed by atoms with van der Waals surface area (Å²) in [5, 5.41) is -0.893. The Bertz CT molecular complexity index is 1090. The monoisotopic (exact) mass is 461 g/mol. The van der Waals surface area contributed by atoms with Gasteiger partial charge in [-0.15, -0.1) is 0 Å². The molecule has 0 amide bonds. The molecule has 2 aliphatic rings. The fourth-order valence-electron chi connectivity index (χ4n) is 4.96. The van der Waals surface area contributed by atoms with Crippen molar-refractivity contribution in [2.45, 2.75) is 48.8 Å². The van der Waals surface area contributed by atoms with Gasteiger partial charge in [-0.3, -0.25) is 4.90 Å². The molecule has 0 saturated carbocycles. The molecule has 2 aromatic carbocycles. The summed E-state index contributed by atoms with van der Waals surface area (Å²) in [4.78, 5) is 2.35. The number of aryl methyl sites for hydroxylation is 1. The number of rotatable bonds is 6. The van der Waals surface area contributed by atoms with E-state index in [1.807, 2.05) is 25.1 Å². The zero-order chi connectivity index (χ0) is 22.1. The first-order chi connectivity index (χ1) is 14.8. The van der Waals surface area contributed by atoms with Gasteiger partial charge in [-0.05, 0) is 68.0 Å². The van der Waals surface area contributed by atoms with Gasteiger partial charge in [0.05, 0.1) is 21.7 Å². The third-order valence-corrected chi connectivity index (χ3v) is 11.0. The van der Waals surface area contributed by atoms with E-state index in [0.717, 1.165) is 44.3 Å². The molecule has 0 unspecified atom stereocenters. The smallest absolute Gasteiger partial charge is 0.183 e. The van der Waals surface area contributed by atoms with Crippen LogP contribution in [0.3, 0.4) is 0 Å². The summed E-state index contributed by atoms with van der Waals surface area (Å²) < 4.78 is 51.8. The molecule has 168 valence electrons. The van der Waals surface area contributed by atoms with Crippen molar-refractivity contribution in [3.05, 3.63) is 65.7 Å². The van der Waals surface area contributed by atoms with Gasteiger partial charge in [0.2, 0.25) is 0 Å². The second-order valence-electron chi connectivity index (χ2n) is 8.89. The summed E-state index contributed by atoms with van der Waals surface area (Å²) in [7, 11) is -7.10. The van der Waals surface area contributed by atoms with Crippen LogP contribution in [0, 0.1) is 5.92 Å². The number of hydrogen-bond acceptors (Lipinski definition) is 5. The average molecular weight is 462 g/mol. The number of likely N-dealkylation sites (tertiary alicyclic amines) is 1. The van der Waals surface area contributed by atoms with Crippen LogP contribution in [-0.2, 0) is 32.5 Å². The van der Waals surface area contributed by atoms with Crippen LogP contribution in [0.4, 0.5) is 0 Å². The minimum absolute atomic E-state index is 0.0622. The van der Waals surface area contributed by atoms with E-state index < -0.39 is 31.0 Å². The van der Waals surface area contributed by atoms with E-state index in [-0.39, 0.29) is 16.4 Å². The van der Waals surface area contributed by atoms with Gasteiger partial charge in [0.15, 0.2) is 19.7 Å². The van der Waals surface area contributed by atoms with Crippen molar-refractivity contribution in [2.24, 2.45) is 5.92 Å². The summed E-state index contributed by atoms with van der Waals surface area (Å²) in [6, 6.07) is 16.8. The van der Waals surface area contributed by atoms with Crippen LogP contribution in [0.5, 0.6) is 0 Å². The van der Waals surface area contributed by atoms with Crippen molar-refractivity contribution >= 4 is 19.7 Å². The molecule has 2 aromatic rings. The second kappa shape index (κ2) is 9.04. The third-order valence-electron chi connectivity index (χ3n) is 6.82. The van der Waals surface area contributed by atoms with Crippen molar-refractivity contribution in [3.8, 4) is 0 Å². The van der Waals surface area contributed by atoms with Crippen LogP contribution in [0.25, 0.3) is 0 Å². The zero-order valence-electron chi connectivity index (χ0n) is 18.0. The molecule has 0 spiro atoms. The van der Waals surface area contributed by atoms with E-state index in [2.05, 4.69) is 29.2 Å². The SMILES string of the molecule is CCc1ccc(S(=O)(=O)[C@H]2CS(=O)(=O)C[C@@H]2N2CCC(Cc3ccccc3)CC2)cc1. The van der Waals surface area contributed by atoms with E-state index in [1.54, 1.807) is 12.1 Å². The van der Waals surface area contributed by atoms with Gasteiger partial charge in [-0.25, -0.2) is 16.8 Å². The molecule has 0 bridgehead atoms. The lowest BCUT2D eigenvalue weighted by Gasteiger charge is -2.37. The quantitative estimate of drug-likeness (QED) is 0.661. The summed E-state index contributed by atoms with van der Waals surface area (Å²) >= 11 is 0. The Balaban J connectivity index is 1.49. The maximum Gasteiger partial charge on any atom is 0.183 e. The lowest BCUT2D eigenvalue weighted by Crippen LogP contribution is -2.49. The Kier molecular flexibility index (Phi) is 6.56. The summed E-state index contributed by atoms with van der Waals surface area (Å²) in [6.45, 7) is 3.52. The van der Waals surface area contributed by atoms with Gasteiger partial charge in [-0.1, -0.05) is 49.4 Å². The predicted molar refractivity (Wildman–Crippen MR) is 124 cm³/mol. The molecule has 5 nitrogen and oxygen atoms in total. The van der Waals surface area contributed by atoms with Gasteiger partial charge in [0, 0.05) is 6.04 Å². The first-order valence-electron chi connectivity index (χ1n) is 11.1. The molecule has 7 heteroatoms. The van der Waals surface area contributed by atoms with Crippen LogP contribution in [0.1, 0.15) is 30.9 Å². The average Bonchev–Trinajstić information content (AvgIpc) is 3.11. The molecule has 0 radical (unpaired) electrons. The zero-order valence-corrected chi connectivity index (χ0v) is 19.6. The third kappa shape index (κ3) is 5.04. The Morgan fingerprint density at radius 2 is 1.55 bits per heavy atom. The molecule has 2 aliphatic heterocycles. The van der Waals surface area contributed by atoms with Crippen molar-refractivity contribution in [3.63, 3.8) is 0 Å². The molecule has 4 rings (SSSR count). The molecule has 2 atom stereocenters. The molecule has 0 aromatic heterocycles. The summed E-state index contributed by atoms with van der Waals surface area (Å²) in [5.41, 5.74) is 2.38. The highest BCUT2D eigenvalue weighted by Crippen LogP contribution is 2.32. The van der Waals surface area contributed by atoms with E-state index in [9.17, 15) is 16.8 Å². The van der Waals surface area contributed by atoms with Gasteiger partial charge < -0.3 is 0 Å². The highest BCUT2D eigenvalue weighted by Gasteiger charge is 2.48. The summed E-state index contributed by atoms with van der Waals surface area (Å²) in [5.74, 6) is 0.209. The van der Waals surface area contributed by atoms with Gasteiger partial charge in [-0.2, -0.15) is 0 Å². The normalized spacial score (nSPS) is 24.9. The minimum atomic E-state index is -3.72. The van der Waals surface area contributed by atoms with Crippen molar-refractivity contribution < 1.29 is 16.8 Å². The second-order valence-corrected chi connectivity index (χ2v) is 13.2. The molecule has 2 fully saturated rings. The first-order valence-corrected chi connectivity index (χ1v) is 14.5. The van der Waals surface area contributed by atoms with Crippen LogP contribution >= 0.6 is 0 Å². The number of benzene rings is 2. The predicted octanol–water partition coefficient (Wildman–Crippen LogP) is 3.14. The topological polar surface area (TPSA) is 71.5 Å². The highest BCUT2D eigenvalue weighted by atomic mass is 32.2. The van der Waals surface area contributed by atoms with Crippen molar-refractivity contribution in [2.75, 3.05) is 24.6 Å². The van der Waals surface area contributed by atoms with Gasteiger partial charge in [0.1, 0.15) is 0 Å². The lowest BCUT2D eigenvalue weighted by atomic mass is 9.89. The molecule has 2 heterocycles. The Hall–Kier alpha value is -1.70. The minimum Gasteiger partial charge on any atom is -0.298 e. The van der Waals surface area contributed by atoms with Gasteiger partial charge >= 0.3 is 0 Å². The molecule has 0 N–H and O–H groups in total. The number of piperidine rings is 1. The Morgan fingerprint density at radius 1 is 0.903 bits per heavy atom. The van der Waals surface area contributed by atoms with Crippen molar-refractivity contribution in [1.29, 1.82) is 0 Å². The van der Waals surface area contributed by atoms with E-state index >= 15 is 0 Å². The highest BCUT2D eigenvalue weighted by molar-refractivity contribution is 7.96. The fourth-order valence-corrected chi connectivity index (χ4v) is 9.79. The first kappa shape index (κ1) is 22.5. The number of hydrogen-bond donors (Lipinski definition) is 0. The van der Waals surface area contributed by atoms with E-state index in [4.69, 9.17) is 0 Å². The Labute approximate surface area is 186 Å². The van der Waals surface area contributed by atoms with Crippen LogP contribution < -0.4 is 0 Å². The van der Waals surface area contributed by atoms with E-state index in [0.29, 0.717) is 5.92 Å². The Morgan fingerprint density at radius 3 is 2.16 bits per heavy atom. The number of nitrogens with zero attached hydrogens (tertiary/aromatic N) is 1. The van der Waals surface area contributed by atoms with Crippen LogP contribution in [0.15, 0.2) is 59.5 Å². The standard InChI is InChI=1S/C24H31NO4S2/c1-2-19-8-10-22(11-9-19)31(28,29)24-18-30(26,27)17-23(24)25-14-12-21(13-15-25)16-20-6-4-3-5-7-20/h3-11,21,23-24H,2,12-18H2,1H3/t23-,24-/m0/s1. The van der Waals surface area contributed by atoms with Crippen molar-refractivity contribution in [1.82, 2.24) is 4.90 Å². The molecular formula is C24H31NO4S2. The molecular weight excluding hydrogens is 430 g/mol.